The molecule has 0 bridgehead atoms. The van der Waals surface area contributed by atoms with Crippen LogP contribution in [-0.4, -0.2) is 42.0 Å². The minimum absolute atomic E-state index is 0.00355. The van der Waals surface area contributed by atoms with Crippen molar-refractivity contribution in [3.05, 3.63) is 58.2 Å². The monoisotopic (exact) mass is 329 g/mol. The summed E-state index contributed by atoms with van der Waals surface area (Å²) in [5.41, 5.74) is 2.92. The first-order chi connectivity index (χ1) is 11.1. The number of aryl methyl sites for hydroxylation is 2. The Hall–Kier alpha value is -2.07. The van der Waals surface area contributed by atoms with Crippen LogP contribution in [-0.2, 0) is 0 Å². The number of pyridine rings is 1. The Morgan fingerprint density at radius 1 is 1.13 bits per heavy atom. The van der Waals surface area contributed by atoms with Gasteiger partial charge in [-0.05, 0) is 37.1 Å². The van der Waals surface area contributed by atoms with Gasteiger partial charge in [-0.25, -0.2) is 4.98 Å². The molecule has 3 rings (SSSR count). The van der Waals surface area contributed by atoms with Gasteiger partial charge in [0, 0.05) is 32.4 Å². The third-order valence-corrected chi connectivity index (χ3v) is 4.49. The molecule has 0 aliphatic carbocycles. The predicted octanol–water partition coefficient (Wildman–Crippen LogP) is 3.31. The van der Waals surface area contributed by atoms with E-state index in [4.69, 9.17) is 11.6 Å². The Bertz CT molecular complexity index is 724. The van der Waals surface area contributed by atoms with Gasteiger partial charge in [0.2, 0.25) is 0 Å². The molecule has 0 radical (unpaired) electrons. The molecular formula is C18H20ClN3O. The van der Waals surface area contributed by atoms with Crippen molar-refractivity contribution in [2.45, 2.75) is 13.8 Å². The highest BCUT2D eigenvalue weighted by molar-refractivity contribution is 6.33. The van der Waals surface area contributed by atoms with Crippen molar-refractivity contribution >= 4 is 23.3 Å². The van der Waals surface area contributed by atoms with Crippen LogP contribution in [0.1, 0.15) is 21.5 Å². The number of rotatable bonds is 2. The van der Waals surface area contributed by atoms with Gasteiger partial charge in [0.15, 0.2) is 0 Å². The Kier molecular flexibility index (Phi) is 4.53. The van der Waals surface area contributed by atoms with Gasteiger partial charge in [-0.3, -0.25) is 4.79 Å². The topological polar surface area (TPSA) is 36.4 Å². The molecule has 0 atom stereocenters. The number of anilines is 1. The van der Waals surface area contributed by atoms with Crippen LogP contribution < -0.4 is 4.90 Å². The molecule has 1 fully saturated rings. The largest absolute Gasteiger partial charge is 0.353 e. The molecule has 1 amide bonds. The van der Waals surface area contributed by atoms with Crippen molar-refractivity contribution < 1.29 is 4.79 Å². The van der Waals surface area contributed by atoms with E-state index in [1.807, 2.05) is 30.2 Å². The van der Waals surface area contributed by atoms with E-state index in [0.29, 0.717) is 23.7 Å². The number of carbonyl (C=O) groups excluding carboxylic acids is 1. The van der Waals surface area contributed by atoms with E-state index in [1.165, 1.54) is 11.1 Å². The lowest BCUT2D eigenvalue weighted by Crippen LogP contribution is -2.49. The Morgan fingerprint density at radius 2 is 1.83 bits per heavy atom. The summed E-state index contributed by atoms with van der Waals surface area (Å²) in [7, 11) is 0. The Morgan fingerprint density at radius 3 is 2.48 bits per heavy atom. The summed E-state index contributed by atoms with van der Waals surface area (Å²) >= 11 is 6.13. The molecule has 1 aliphatic rings. The average molecular weight is 330 g/mol. The molecule has 23 heavy (non-hydrogen) atoms. The summed E-state index contributed by atoms with van der Waals surface area (Å²) in [5, 5.41) is 0.510. The highest BCUT2D eigenvalue weighted by Crippen LogP contribution is 2.21. The zero-order valence-corrected chi connectivity index (χ0v) is 14.2. The summed E-state index contributed by atoms with van der Waals surface area (Å²) in [6.45, 7) is 7.05. The van der Waals surface area contributed by atoms with Crippen LogP contribution in [0.3, 0.4) is 0 Å². The summed E-state index contributed by atoms with van der Waals surface area (Å²) in [6, 6.07) is 9.36. The summed E-state index contributed by atoms with van der Waals surface area (Å²) < 4.78 is 0. The van der Waals surface area contributed by atoms with E-state index < -0.39 is 0 Å². The first-order valence-electron chi connectivity index (χ1n) is 7.78. The zero-order valence-electron chi connectivity index (χ0n) is 13.4. The number of hydrogen-bond acceptors (Lipinski definition) is 3. The fourth-order valence-corrected chi connectivity index (χ4v) is 3.18. The lowest BCUT2D eigenvalue weighted by Gasteiger charge is -2.36. The normalized spacial score (nSPS) is 14.9. The molecule has 5 heteroatoms. The molecule has 1 aromatic carbocycles. The summed E-state index contributed by atoms with van der Waals surface area (Å²) in [5.74, 6) is 1.02. The second-order valence-electron chi connectivity index (χ2n) is 5.91. The van der Waals surface area contributed by atoms with Crippen molar-refractivity contribution in [2.75, 3.05) is 31.1 Å². The third-order valence-electron chi connectivity index (χ3n) is 4.16. The van der Waals surface area contributed by atoms with Crippen LogP contribution in [0.15, 0.2) is 36.5 Å². The maximum Gasteiger partial charge on any atom is 0.255 e. The van der Waals surface area contributed by atoms with Crippen molar-refractivity contribution in [2.24, 2.45) is 0 Å². The van der Waals surface area contributed by atoms with E-state index in [-0.39, 0.29) is 5.91 Å². The van der Waals surface area contributed by atoms with Crippen LogP contribution >= 0.6 is 11.6 Å². The molecule has 2 heterocycles. The lowest BCUT2D eigenvalue weighted by atomic mass is 10.1. The Balaban J connectivity index is 1.69. The number of amides is 1. The first-order valence-corrected chi connectivity index (χ1v) is 8.16. The second-order valence-corrected chi connectivity index (χ2v) is 6.32. The molecule has 120 valence electrons. The SMILES string of the molecule is Cc1cnc(N2CCN(C(=O)c3ccccc3Cl)CC2)c(C)c1. The van der Waals surface area contributed by atoms with Crippen molar-refractivity contribution in [3.8, 4) is 0 Å². The summed E-state index contributed by atoms with van der Waals surface area (Å²) in [4.78, 5) is 21.2. The van der Waals surface area contributed by atoms with E-state index in [9.17, 15) is 4.79 Å². The maximum atomic E-state index is 12.6. The smallest absolute Gasteiger partial charge is 0.255 e. The zero-order chi connectivity index (χ0) is 16.4. The lowest BCUT2D eigenvalue weighted by molar-refractivity contribution is 0.0746. The minimum Gasteiger partial charge on any atom is -0.353 e. The van der Waals surface area contributed by atoms with Crippen LogP contribution in [0, 0.1) is 13.8 Å². The van der Waals surface area contributed by atoms with Crippen LogP contribution in [0.2, 0.25) is 5.02 Å². The standard InChI is InChI=1S/C18H20ClN3O/c1-13-11-14(2)17(20-12-13)21-7-9-22(10-8-21)18(23)15-5-3-4-6-16(15)19/h3-6,11-12H,7-10H2,1-2H3. The number of nitrogens with zero attached hydrogens (tertiary/aromatic N) is 3. The molecule has 1 saturated heterocycles. The van der Waals surface area contributed by atoms with Crippen LogP contribution in [0.5, 0.6) is 0 Å². The average Bonchev–Trinajstić information content (AvgIpc) is 2.55. The number of aromatic nitrogens is 1. The van der Waals surface area contributed by atoms with Gasteiger partial charge in [-0.15, -0.1) is 0 Å². The third kappa shape index (κ3) is 3.32. The molecule has 4 nitrogen and oxygen atoms in total. The summed E-state index contributed by atoms with van der Waals surface area (Å²) in [6.07, 6.45) is 1.89. The molecule has 1 aliphatic heterocycles. The predicted molar refractivity (Wildman–Crippen MR) is 93.3 cm³/mol. The van der Waals surface area contributed by atoms with Gasteiger partial charge in [-0.2, -0.15) is 0 Å². The van der Waals surface area contributed by atoms with Gasteiger partial charge in [0.25, 0.3) is 5.91 Å². The minimum atomic E-state index is 0.00355. The second kappa shape index (κ2) is 6.59. The van der Waals surface area contributed by atoms with Crippen LogP contribution in [0.4, 0.5) is 5.82 Å². The quantitative estimate of drug-likeness (QED) is 0.848. The molecule has 0 N–H and O–H groups in total. The highest BCUT2D eigenvalue weighted by Gasteiger charge is 2.24. The highest BCUT2D eigenvalue weighted by atomic mass is 35.5. The first kappa shape index (κ1) is 15.8. The molecular weight excluding hydrogens is 310 g/mol. The van der Waals surface area contributed by atoms with Crippen LogP contribution in [0.25, 0.3) is 0 Å². The van der Waals surface area contributed by atoms with Gasteiger partial charge in [0.05, 0.1) is 10.6 Å². The number of hydrogen-bond donors (Lipinski definition) is 0. The Labute approximate surface area is 141 Å². The number of benzene rings is 1. The fourth-order valence-electron chi connectivity index (χ4n) is 2.97. The van der Waals surface area contributed by atoms with E-state index >= 15 is 0 Å². The fraction of sp³-hybridized carbons (Fsp3) is 0.333. The number of piperazine rings is 1. The van der Waals surface area contributed by atoms with Gasteiger partial charge in [0.1, 0.15) is 5.82 Å². The van der Waals surface area contributed by atoms with E-state index in [1.54, 1.807) is 12.1 Å². The van der Waals surface area contributed by atoms with E-state index in [2.05, 4.69) is 22.9 Å². The molecule has 0 spiro atoms. The molecule has 0 saturated carbocycles. The van der Waals surface area contributed by atoms with Crippen molar-refractivity contribution in [1.82, 2.24) is 9.88 Å². The van der Waals surface area contributed by atoms with Crippen molar-refractivity contribution in [1.29, 1.82) is 0 Å². The number of carbonyl (C=O) groups is 1. The van der Waals surface area contributed by atoms with Gasteiger partial charge in [-0.1, -0.05) is 29.8 Å². The molecule has 0 unspecified atom stereocenters. The van der Waals surface area contributed by atoms with E-state index in [0.717, 1.165) is 18.9 Å². The van der Waals surface area contributed by atoms with Gasteiger partial charge < -0.3 is 9.80 Å². The number of halogens is 1. The molecule has 1 aromatic heterocycles. The maximum absolute atomic E-state index is 12.6. The van der Waals surface area contributed by atoms with Crippen molar-refractivity contribution in [3.63, 3.8) is 0 Å². The van der Waals surface area contributed by atoms with Gasteiger partial charge >= 0.3 is 0 Å². The molecule has 2 aromatic rings.